The van der Waals surface area contributed by atoms with Gasteiger partial charge in [-0.15, -0.1) is 0 Å². The lowest BCUT2D eigenvalue weighted by Crippen LogP contribution is -2.26. The van der Waals surface area contributed by atoms with Crippen LogP contribution in [0.25, 0.3) is 0 Å². The summed E-state index contributed by atoms with van der Waals surface area (Å²) in [5.41, 5.74) is 7.35. The van der Waals surface area contributed by atoms with Crippen molar-refractivity contribution in [1.82, 2.24) is 0 Å². The highest BCUT2D eigenvalue weighted by atomic mass is 79.9. The zero-order valence-corrected chi connectivity index (χ0v) is 11.7. The average molecular weight is 300 g/mol. The minimum absolute atomic E-state index is 0.0367. The van der Waals surface area contributed by atoms with Gasteiger partial charge in [-0.2, -0.15) is 0 Å². The van der Waals surface area contributed by atoms with Crippen LogP contribution in [0.1, 0.15) is 44.2 Å². The van der Waals surface area contributed by atoms with Crippen molar-refractivity contribution < 1.29 is 4.39 Å². The van der Waals surface area contributed by atoms with E-state index in [0.29, 0.717) is 10.4 Å². The molecule has 2 N–H and O–H groups in total. The Balaban J connectivity index is 2.12. The van der Waals surface area contributed by atoms with Gasteiger partial charge in [-0.25, -0.2) is 4.39 Å². The summed E-state index contributed by atoms with van der Waals surface area (Å²) in [7, 11) is 0. The Morgan fingerprint density at radius 2 is 2.18 bits per heavy atom. The normalized spacial score (nSPS) is 26.8. The SMILES string of the molecule is CC1CCCC(C(N)c2ccc(F)c(Br)c2)C1. The third kappa shape index (κ3) is 3.08. The largest absolute Gasteiger partial charge is 0.324 e. The summed E-state index contributed by atoms with van der Waals surface area (Å²) >= 11 is 3.22. The van der Waals surface area contributed by atoms with Crippen LogP contribution in [0, 0.1) is 17.7 Å². The molecule has 1 aromatic carbocycles. The van der Waals surface area contributed by atoms with Crippen LogP contribution in [0.15, 0.2) is 22.7 Å². The van der Waals surface area contributed by atoms with E-state index in [0.717, 1.165) is 11.5 Å². The Hall–Kier alpha value is -0.410. The smallest absolute Gasteiger partial charge is 0.137 e. The quantitative estimate of drug-likeness (QED) is 0.860. The van der Waals surface area contributed by atoms with Gasteiger partial charge in [-0.05, 0) is 58.3 Å². The Bertz CT molecular complexity index is 394. The fraction of sp³-hybridized carbons (Fsp3) is 0.571. The molecule has 3 unspecified atom stereocenters. The van der Waals surface area contributed by atoms with E-state index in [2.05, 4.69) is 22.9 Å². The summed E-state index contributed by atoms with van der Waals surface area (Å²) in [6.45, 7) is 2.29. The van der Waals surface area contributed by atoms with Gasteiger partial charge in [0.2, 0.25) is 0 Å². The van der Waals surface area contributed by atoms with Gasteiger partial charge >= 0.3 is 0 Å². The molecule has 0 aliphatic heterocycles. The fourth-order valence-electron chi connectivity index (χ4n) is 2.80. The number of halogens is 2. The lowest BCUT2D eigenvalue weighted by molar-refractivity contribution is 0.248. The fourth-order valence-corrected chi connectivity index (χ4v) is 3.20. The molecule has 0 aromatic heterocycles. The van der Waals surface area contributed by atoms with Crippen molar-refractivity contribution in [1.29, 1.82) is 0 Å². The summed E-state index contributed by atoms with van der Waals surface area (Å²) in [5, 5.41) is 0. The maximum atomic E-state index is 13.2. The molecular formula is C14H19BrFN. The molecule has 1 nitrogen and oxygen atoms in total. The average Bonchev–Trinajstić information content (AvgIpc) is 2.32. The van der Waals surface area contributed by atoms with Crippen LogP contribution >= 0.6 is 15.9 Å². The Labute approximate surface area is 111 Å². The molecule has 0 amide bonds. The molecule has 3 heteroatoms. The van der Waals surface area contributed by atoms with E-state index in [-0.39, 0.29) is 11.9 Å². The maximum Gasteiger partial charge on any atom is 0.137 e. The van der Waals surface area contributed by atoms with Gasteiger partial charge in [-0.1, -0.05) is 25.8 Å². The predicted octanol–water partition coefficient (Wildman–Crippen LogP) is 4.41. The number of benzene rings is 1. The third-order valence-electron chi connectivity index (χ3n) is 3.81. The second kappa shape index (κ2) is 5.49. The van der Waals surface area contributed by atoms with Crippen LogP contribution in [-0.2, 0) is 0 Å². The van der Waals surface area contributed by atoms with E-state index in [1.54, 1.807) is 0 Å². The van der Waals surface area contributed by atoms with E-state index >= 15 is 0 Å². The summed E-state index contributed by atoms with van der Waals surface area (Å²) in [5.74, 6) is 1.08. The third-order valence-corrected chi connectivity index (χ3v) is 4.42. The van der Waals surface area contributed by atoms with Crippen LogP contribution < -0.4 is 5.73 Å². The molecule has 1 aliphatic carbocycles. The van der Waals surface area contributed by atoms with Gasteiger partial charge in [0.1, 0.15) is 5.82 Å². The number of hydrogen-bond acceptors (Lipinski definition) is 1. The molecule has 1 fully saturated rings. The van der Waals surface area contributed by atoms with E-state index in [1.807, 2.05) is 12.1 Å². The zero-order valence-electron chi connectivity index (χ0n) is 10.1. The second-order valence-electron chi connectivity index (χ2n) is 5.23. The Kier molecular flexibility index (Phi) is 4.21. The highest BCUT2D eigenvalue weighted by molar-refractivity contribution is 9.10. The standard InChI is InChI=1S/C14H19BrFN/c1-9-3-2-4-10(7-9)14(17)11-5-6-13(16)12(15)8-11/h5-6,8-10,14H,2-4,7,17H2,1H3. The summed E-state index contributed by atoms with van der Waals surface area (Å²) in [4.78, 5) is 0. The minimum atomic E-state index is -0.224. The van der Waals surface area contributed by atoms with Crippen molar-refractivity contribution in [3.63, 3.8) is 0 Å². The molecule has 94 valence electrons. The summed E-state index contributed by atoms with van der Waals surface area (Å²) in [6, 6.07) is 5.16. The lowest BCUT2D eigenvalue weighted by atomic mass is 9.77. The molecule has 0 bridgehead atoms. The maximum absolute atomic E-state index is 13.2. The molecule has 2 rings (SSSR count). The Morgan fingerprint density at radius 1 is 1.41 bits per heavy atom. The first-order valence-corrected chi connectivity index (χ1v) is 7.07. The van der Waals surface area contributed by atoms with Crippen LogP contribution in [0.4, 0.5) is 4.39 Å². The van der Waals surface area contributed by atoms with E-state index in [9.17, 15) is 4.39 Å². The molecule has 3 atom stereocenters. The molecule has 17 heavy (non-hydrogen) atoms. The van der Waals surface area contributed by atoms with E-state index < -0.39 is 0 Å². The number of rotatable bonds is 2. The number of nitrogens with two attached hydrogens (primary N) is 1. The van der Waals surface area contributed by atoms with Gasteiger partial charge in [0.15, 0.2) is 0 Å². The van der Waals surface area contributed by atoms with E-state index in [1.165, 1.54) is 31.7 Å². The Morgan fingerprint density at radius 3 is 2.82 bits per heavy atom. The number of hydrogen-bond donors (Lipinski definition) is 1. The van der Waals surface area contributed by atoms with Crippen molar-refractivity contribution in [3.05, 3.63) is 34.1 Å². The van der Waals surface area contributed by atoms with Gasteiger partial charge in [0.25, 0.3) is 0 Å². The van der Waals surface area contributed by atoms with Crippen molar-refractivity contribution in [2.75, 3.05) is 0 Å². The van der Waals surface area contributed by atoms with Crippen molar-refractivity contribution in [2.24, 2.45) is 17.6 Å². The van der Waals surface area contributed by atoms with Gasteiger partial charge in [0, 0.05) is 6.04 Å². The van der Waals surface area contributed by atoms with Crippen molar-refractivity contribution in [2.45, 2.75) is 38.6 Å². The molecule has 1 aliphatic rings. The van der Waals surface area contributed by atoms with Crippen LogP contribution in [-0.4, -0.2) is 0 Å². The monoisotopic (exact) mass is 299 g/mol. The summed E-state index contributed by atoms with van der Waals surface area (Å²) < 4.78 is 13.7. The van der Waals surface area contributed by atoms with Crippen molar-refractivity contribution in [3.8, 4) is 0 Å². The first-order valence-electron chi connectivity index (χ1n) is 6.28. The van der Waals surface area contributed by atoms with Gasteiger partial charge < -0.3 is 5.73 Å². The van der Waals surface area contributed by atoms with Crippen molar-refractivity contribution >= 4 is 15.9 Å². The highest BCUT2D eigenvalue weighted by Gasteiger charge is 2.25. The van der Waals surface area contributed by atoms with Crippen LogP contribution in [0.5, 0.6) is 0 Å². The second-order valence-corrected chi connectivity index (χ2v) is 6.09. The predicted molar refractivity (Wildman–Crippen MR) is 72.2 cm³/mol. The topological polar surface area (TPSA) is 26.0 Å². The minimum Gasteiger partial charge on any atom is -0.324 e. The van der Waals surface area contributed by atoms with Gasteiger partial charge in [0.05, 0.1) is 4.47 Å². The first-order chi connectivity index (χ1) is 8.08. The molecular weight excluding hydrogens is 281 g/mol. The van der Waals surface area contributed by atoms with Crippen LogP contribution in [0.2, 0.25) is 0 Å². The first kappa shape index (κ1) is 13.0. The molecule has 0 radical (unpaired) electrons. The highest BCUT2D eigenvalue weighted by Crippen LogP contribution is 2.36. The molecule has 1 saturated carbocycles. The lowest BCUT2D eigenvalue weighted by Gasteiger charge is -2.31. The molecule has 0 heterocycles. The van der Waals surface area contributed by atoms with Crippen LogP contribution in [0.3, 0.4) is 0 Å². The van der Waals surface area contributed by atoms with E-state index in [4.69, 9.17) is 5.73 Å². The molecule has 0 saturated heterocycles. The van der Waals surface area contributed by atoms with Gasteiger partial charge in [-0.3, -0.25) is 0 Å². The zero-order chi connectivity index (χ0) is 12.4. The summed E-state index contributed by atoms with van der Waals surface area (Å²) in [6.07, 6.45) is 4.97. The molecule has 1 aromatic rings. The molecule has 0 spiro atoms.